The van der Waals surface area contributed by atoms with Crippen LogP contribution in [0.1, 0.15) is 43.5 Å². The number of hydrogen-bond donors (Lipinski definition) is 1. The average Bonchev–Trinajstić information content (AvgIpc) is 2.62. The molecule has 1 aliphatic heterocycles. The molecule has 1 aromatic carbocycles. The molecule has 1 saturated heterocycles. The summed E-state index contributed by atoms with van der Waals surface area (Å²) < 4.78 is 11.2. The van der Waals surface area contributed by atoms with Crippen LogP contribution in [0.3, 0.4) is 0 Å². The van der Waals surface area contributed by atoms with E-state index in [1.54, 1.807) is 13.2 Å². The fourth-order valence-electron chi connectivity index (χ4n) is 3.14. The van der Waals surface area contributed by atoms with Crippen LogP contribution < -0.4 is 14.8 Å². The quantitative estimate of drug-likeness (QED) is 0.784. The Bertz CT molecular complexity index is 552. The Morgan fingerprint density at radius 1 is 1.28 bits per heavy atom. The molecule has 0 spiro atoms. The number of amides is 1. The summed E-state index contributed by atoms with van der Waals surface area (Å²) in [5.41, 5.74) is 0.667. The van der Waals surface area contributed by atoms with E-state index in [1.165, 1.54) is 0 Å². The Labute approximate surface area is 151 Å². The van der Waals surface area contributed by atoms with Gasteiger partial charge in [0.25, 0.3) is 5.91 Å². The molecular formula is C20H32N2O3. The number of benzene rings is 1. The van der Waals surface area contributed by atoms with Gasteiger partial charge in [-0.05, 0) is 62.9 Å². The minimum atomic E-state index is 0.0786. The first-order chi connectivity index (χ1) is 12.0. The van der Waals surface area contributed by atoms with Crippen LogP contribution in [-0.4, -0.2) is 51.2 Å². The monoisotopic (exact) mass is 348 g/mol. The molecule has 140 valence electrons. The molecule has 1 fully saturated rings. The van der Waals surface area contributed by atoms with Crippen molar-refractivity contribution in [3.8, 4) is 11.5 Å². The highest BCUT2D eigenvalue weighted by atomic mass is 16.5. The number of piperidine rings is 1. The molecule has 0 aromatic heterocycles. The lowest BCUT2D eigenvalue weighted by Crippen LogP contribution is -2.40. The molecule has 1 heterocycles. The smallest absolute Gasteiger partial charge is 0.253 e. The van der Waals surface area contributed by atoms with Gasteiger partial charge in [0.1, 0.15) is 0 Å². The van der Waals surface area contributed by atoms with Crippen molar-refractivity contribution < 1.29 is 14.3 Å². The summed E-state index contributed by atoms with van der Waals surface area (Å²) in [5.74, 6) is 2.67. The van der Waals surface area contributed by atoms with E-state index in [0.29, 0.717) is 35.5 Å². The van der Waals surface area contributed by atoms with E-state index in [2.05, 4.69) is 19.2 Å². The first kappa shape index (κ1) is 19.6. The summed E-state index contributed by atoms with van der Waals surface area (Å²) in [5, 5.41) is 3.22. The summed E-state index contributed by atoms with van der Waals surface area (Å²) in [7, 11) is 3.59. The average molecular weight is 348 g/mol. The van der Waals surface area contributed by atoms with E-state index < -0.39 is 0 Å². The van der Waals surface area contributed by atoms with Crippen molar-refractivity contribution in [1.82, 2.24) is 10.2 Å². The zero-order valence-electron chi connectivity index (χ0n) is 16.0. The number of methoxy groups -OCH3 is 1. The molecule has 2 rings (SSSR count). The van der Waals surface area contributed by atoms with Crippen LogP contribution in [0, 0.1) is 11.8 Å². The van der Waals surface area contributed by atoms with Gasteiger partial charge in [-0.15, -0.1) is 0 Å². The van der Waals surface area contributed by atoms with E-state index in [9.17, 15) is 4.79 Å². The van der Waals surface area contributed by atoms with E-state index in [0.717, 1.165) is 38.9 Å². The Hall–Kier alpha value is -1.75. The van der Waals surface area contributed by atoms with E-state index in [1.807, 2.05) is 24.1 Å². The predicted molar refractivity (Wildman–Crippen MR) is 100 cm³/mol. The van der Waals surface area contributed by atoms with Gasteiger partial charge in [-0.3, -0.25) is 4.79 Å². The lowest BCUT2D eigenvalue weighted by molar-refractivity contribution is 0.0690. The van der Waals surface area contributed by atoms with Crippen LogP contribution in [0.2, 0.25) is 0 Å². The van der Waals surface area contributed by atoms with Gasteiger partial charge < -0.3 is 19.7 Å². The van der Waals surface area contributed by atoms with Crippen LogP contribution >= 0.6 is 0 Å². The predicted octanol–water partition coefficient (Wildman–Crippen LogP) is 3.19. The van der Waals surface area contributed by atoms with Gasteiger partial charge in [0, 0.05) is 18.7 Å². The molecule has 1 N–H and O–H groups in total. The van der Waals surface area contributed by atoms with Crippen molar-refractivity contribution in [2.75, 3.05) is 40.4 Å². The molecule has 0 atom stereocenters. The van der Waals surface area contributed by atoms with Gasteiger partial charge in [-0.25, -0.2) is 0 Å². The van der Waals surface area contributed by atoms with Gasteiger partial charge in [0.05, 0.1) is 13.7 Å². The molecule has 0 radical (unpaired) electrons. The molecule has 5 heteroatoms. The zero-order chi connectivity index (χ0) is 18.2. The summed E-state index contributed by atoms with van der Waals surface area (Å²) in [6.45, 7) is 7.66. The lowest BCUT2D eigenvalue weighted by Gasteiger charge is -2.32. The molecular weight excluding hydrogens is 316 g/mol. The number of rotatable bonds is 8. The molecule has 1 aromatic rings. The van der Waals surface area contributed by atoms with Crippen LogP contribution in [0.25, 0.3) is 0 Å². The molecule has 5 nitrogen and oxygen atoms in total. The van der Waals surface area contributed by atoms with Gasteiger partial charge in [0.15, 0.2) is 11.5 Å². The van der Waals surface area contributed by atoms with Crippen molar-refractivity contribution in [2.24, 2.45) is 11.8 Å². The summed E-state index contributed by atoms with van der Waals surface area (Å²) >= 11 is 0. The van der Waals surface area contributed by atoms with Gasteiger partial charge in [-0.1, -0.05) is 13.8 Å². The van der Waals surface area contributed by atoms with E-state index >= 15 is 0 Å². The van der Waals surface area contributed by atoms with Crippen molar-refractivity contribution in [3.63, 3.8) is 0 Å². The highest BCUT2D eigenvalue weighted by Crippen LogP contribution is 2.29. The van der Waals surface area contributed by atoms with Crippen molar-refractivity contribution in [2.45, 2.75) is 33.1 Å². The maximum atomic E-state index is 12.8. The number of carbonyl (C=O) groups excluding carboxylic acids is 1. The molecule has 1 amide bonds. The standard InChI is InChI=1S/C20H32N2O3/c1-15(2)9-12-25-18-6-5-17(13-19(18)24-4)20(23)22-10-7-16(8-11-22)14-21-3/h5-6,13,15-16,21H,7-12,14H2,1-4H3. The maximum Gasteiger partial charge on any atom is 0.253 e. The zero-order valence-corrected chi connectivity index (χ0v) is 16.0. The molecule has 25 heavy (non-hydrogen) atoms. The topological polar surface area (TPSA) is 50.8 Å². The number of carbonyl (C=O) groups is 1. The van der Waals surface area contributed by atoms with Crippen LogP contribution in [0.5, 0.6) is 11.5 Å². The number of nitrogens with one attached hydrogen (secondary N) is 1. The van der Waals surface area contributed by atoms with Gasteiger partial charge >= 0.3 is 0 Å². The van der Waals surface area contributed by atoms with Crippen molar-refractivity contribution in [3.05, 3.63) is 23.8 Å². The summed E-state index contributed by atoms with van der Waals surface area (Å²) in [6.07, 6.45) is 3.10. The van der Waals surface area contributed by atoms with Crippen molar-refractivity contribution in [1.29, 1.82) is 0 Å². The van der Waals surface area contributed by atoms with Crippen LogP contribution in [0.4, 0.5) is 0 Å². The number of hydrogen-bond acceptors (Lipinski definition) is 4. The first-order valence-corrected chi connectivity index (χ1v) is 9.29. The Morgan fingerprint density at radius 2 is 2.00 bits per heavy atom. The number of ether oxygens (including phenoxy) is 2. The van der Waals surface area contributed by atoms with Crippen molar-refractivity contribution >= 4 is 5.91 Å². The summed E-state index contributed by atoms with van der Waals surface area (Å²) in [6, 6.07) is 5.49. The molecule has 1 aliphatic rings. The third-order valence-electron chi connectivity index (χ3n) is 4.76. The van der Waals surface area contributed by atoms with Gasteiger partial charge in [0.2, 0.25) is 0 Å². The van der Waals surface area contributed by atoms with E-state index in [4.69, 9.17) is 9.47 Å². The van der Waals surface area contributed by atoms with Crippen LogP contribution in [0.15, 0.2) is 18.2 Å². The Balaban J connectivity index is 1.98. The first-order valence-electron chi connectivity index (χ1n) is 9.29. The molecule has 0 bridgehead atoms. The summed E-state index contributed by atoms with van der Waals surface area (Å²) in [4.78, 5) is 14.7. The minimum absolute atomic E-state index is 0.0786. The van der Waals surface area contributed by atoms with E-state index in [-0.39, 0.29) is 5.91 Å². The fourth-order valence-corrected chi connectivity index (χ4v) is 3.14. The largest absolute Gasteiger partial charge is 0.493 e. The maximum absolute atomic E-state index is 12.8. The molecule has 0 saturated carbocycles. The lowest BCUT2D eigenvalue weighted by atomic mass is 9.96. The molecule has 0 unspecified atom stereocenters. The highest BCUT2D eigenvalue weighted by Gasteiger charge is 2.24. The Kier molecular flexibility index (Phi) is 7.56. The second-order valence-electron chi connectivity index (χ2n) is 7.19. The SMILES string of the molecule is CNCC1CCN(C(=O)c2ccc(OCCC(C)C)c(OC)c2)CC1. The fraction of sp³-hybridized carbons (Fsp3) is 0.650. The number of nitrogens with zero attached hydrogens (tertiary/aromatic N) is 1. The van der Waals surface area contributed by atoms with Gasteiger partial charge in [-0.2, -0.15) is 0 Å². The number of likely N-dealkylation sites (tertiary alicyclic amines) is 1. The minimum Gasteiger partial charge on any atom is -0.493 e. The normalized spacial score (nSPS) is 15.5. The third-order valence-corrected chi connectivity index (χ3v) is 4.76. The second-order valence-corrected chi connectivity index (χ2v) is 7.19. The molecule has 0 aliphatic carbocycles. The Morgan fingerprint density at radius 3 is 2.60 bits per heavy atom. The second kappa shape index (κ2) is 9.66. The highest BCUT2D eigenvalue weighted by molar-refractivity contribution is 5.95. The van der Waals surface area contributed by atoms with Crippen LogP contribution in [-0.2, 0) is 0 Å². The third kappa shape index (κ3) is 5.63.